The van der Waals surface area contributed by atoms with E-state index in [0.717, 1.165) is 16.9 Å². The number of benzene rings is 1. The van der Waals surface area contributed by atoms with E-state index in [-0.39, 0.29) is 5.82 Å². The van der Waals surface area contributed by atoms with Gasteiger partial charge in [0.15, 0.2) is 0 Å². The second-order valence-electron chi connectivity index (χ2n) is 4.48. The molecule has 1 aromatic carbocycles. The Bertz CT molecular complexity index is 701. The van der Waals surface area contributed by atoms with Gasteiger partial charge in [-0.25, -0.2) is 9.37 Å². The molecule has 2 heterocycles. The normalized spacial score (nSPS) is 11.0. The van der Waals surface area contributed by atoms with Gasteiger partial charge in [-0.05, 0) is 42.3 Å². The van der Waals surface area contributed by atoms with Crippen molar-refractivity contribution in [2.75, 3.05) is 0 Å². The number of rotatable bonds is 2. The van der Waals surface area contributed by atoms with Crippen molar-refractivity contribution in [2.24, 2.45) is 0 Å². The second-order valence-corrected chi connectivity index (χ2v) is 4.48. The summed E-state index contributed by atoms with van der Waals surface area (Å²) >= 11 is 0. The average molecular weight is 240 g/mol. The van der Waals surface area contributed by atoms with Gasteiger partial charge in [0.2, 0.25) is 0 Å². The van der Waals surface area contributed by atoms with Crippen molar-refractivity contribution in [3.8, 4) is 0 Å². The quantitative estimate of drug-likeness (QED) is 0.671. The average Bonchev–Trinajstić information content (AvgIpc) is 2.72. The minimum absolute atomic E-state index is 0.204. The smallest absolute Gasteiger partial charge is 0.123 e. The van der Waals surface area contributed by atoms with Crippen LogP contribution in [0.4, 0.5) is 4.39 Å². The molecule has 0 atom stereocenters. The van der Waals surface area contributed by atoms with Crippen LogP contribution in [0.25, 0.3) is 5.52 Å². The van der Waals surface area contributed by atoms with Crippen LogP contribution in [0, 0.1) is 12.7 Å². The summed E-state index contributed by atoms with van der Waals surface area (Å²) in [6.45, 7) is 2.05. The van der Waals surface area contributed by atoms with Gasteiger partial charge in [-0.15, -0.1) is 0 Å². The topological polar surface area (TPSA) is 17.3 Å². The molecule has 0 fully saturated rings. The third-order valence-corrected chi connectivity index (χ3v) is 3.02. The predicted octanol–water partition coefficient (Wildman–Crippen LogP) is 3.37. The van der Waals surface area contributed by atoms with E-state index >= 15 is 0 Å². The number of fused-ring (bicyclic) bond motifs is 1. The van der Waals surface area contributed by atoms with Crippen molar-refractivity contribution in [2.45, 2.75) is 13.3 Å². The first-order valence-electron chi connectivity index (χ1n) is 5.89. The standard InChI is InChI=1S/C15H13FN2/c1-11-5-6-18-14(7-11)10-17-15(18)9-12-3-2-4-13(16)8-12/h2-8,10H,9H2,1H3. The number of nitrogens with zero attached hydrogens (tertiary/aromatic N) is 2. The molecule has 0 N–H and O–H groups in total. The van der Waals surface area contributed by atoms with Gasteiger partial charge in [-0.3, -0.25) is 0 Å². The fraction of sp³-hybridized carbons (Fsp3) is 0.133. The first-order valence-corrected chi connectivity index (χ1v) is 5.89. The first-order chi connectivity index (χ1) is 8.72. The number of imidazole rings is 1. The van der Waals surface area contributed by atoms with E-state index in [9.17, 15) is 4.39 Å². The van der Waals surface area contributed by atoms with Crippen molar-refractivity contribution in [1.82, 2.24) is 9.38 Å². The summed E-state index contributed by atoms with van der Waals surface area (Å²) in [4.78, 5) is 4.40. The number of aryl methyl sites for hydroxylation is 1. The van der Waals surface area contributed by atoms with Crippen molar-refractivity contribution < 1.29 is 4.39 Å². The molecule has 0 amide bonds. The van der Waals surface area contributed by atoms with Gasteiger partial charge >= 0.3 is 0 Å². The van der Waals surface area contributed by atoms with Crippen LogP contribution in [0.15, 0.2) is 48.8 Å². The Balaban J connectivity index is 2.00. The number of aromatic nitrogens is 2. The first kappa shape index (κ1) is 11.0. The zero-order chi connectivity index (χ0) is 12.5. The third-order valence-electron chi connectivity index (χ3n) is 3.02. The van der Waals surface area contributed by atoms with E-state index in [4.69, 9.17) is 0 Å². The lowest BCUT2D eigenvalue weighted by Gasteiger charge is -2.02. The Kier molecular flexibility index (Phi) is 2.59. The molecule has 2 nitrogen and oxygen atoms in total. The van der Waals surface area contributed by atoms with Crippen LogP contribution in [-0.2, 0) is 6.42 Å². The van der Waals surface area contributed by atoms with Crippen LogP contribution in [-0.4, -0.2) is 9.38 Å². The fourth-order valence-electron chi connectivity index (χ4n) is 2.13. The summed E-state index contributed by atoms with van der Waals surface area (Å²) in [6, 6.07) is 10.8. The molecule has 0 bridgehead atoms. The molecule has 3 heteroatoms. The van der Waals surface area contributed by atoms with Gasteiger partial charge in [0, 0.05) is 12.6 Å². The van der Waals surface area contributed by atoms with E-state index in [1.807, 2.05) is 28.9 Å². The fourth-order valence-corrected chi connectivity index (χ4v) is 2.13. The van der Waals surface area contributed by atoms with Gasteiger partial charge in [0.1, 0.15) is 11.6 Å². The Labute approximate surface area is 105 Å². The molecule has 3 aromatic rings. The number of hydrogen-bond donors (Lipinski definition) is 0. The lowest BCUT2D eigenvalue weighted by atomic mass is 10.1. The zero-order valence-electron chi connectivity index (χ0n) is 10.1. The highest BCUT2D eigenvalue weighted by atomic mass is 19.1. The van der Waals surface area contributed by atoms with E-state index in [2.05, 4.69) is 18.0 Å². The molecule has 0 aliphatic heterocycles. The number of hydrogen-bond acceptors (Lipinski definition) is 1. The molecule has 0 aliphatic rings. The molecule has 2 aromatic heterocycles. The third kappa shape index (κ3) is 1.99. The molecule has 0 aliphatic carbocycles. The molecule has 0 saturated heterocycles. The lowest BCUT2D eigenvalue weighted by molar-refractivity contribution is 0.625. The highest BCUT2D eigenvalue weighted by molar-refractivity contribution is 5.48. The van der Waals surface area contributed by atoms with Crippen molar-refractivity contribution in [3.05, 3.63) is 71.6 Å². The largest absolute Gasteiger partial charge is 0.303 e. The van der Waals surface area contributed by atoms with Crippen LogP contribution >= 0.6 is 0 Å². The van der Waals surface area contributed by atoms with Gasteiger partial charge < -0.3 is 4.40 Å². The van der Waals surface area contributed by atoms with Crippen molar-refractivity contribution in [1.29, 1.82) is 0 Å². The Morgan fingerprint density at radius 1 is 1.22 bits per heavy atom. The minimum Gasteiger partial charge on any atom is -0.303 e. The van der Waals surface area contributed by atoms with Crippen LogP contribution in [0.5, 0.6) is 0 Å². The SMILES string of the molecule is Cc1ccn2c(Cc3cccc(F)c3)ncc2c1. The molecule has 18 heavy (non-hydrogen) atoms. The Hall–Kier alpha value is -2.16. The van der Waals surface area contributed by atoms with E-state index in [1.165, 1.54) is 11.6 Å². The Morgan fingerprint density at radius 2 is 2.11 bits per heavy atom. The molecule has 0 radical (unpaired) electrons. The maximum atomic E-state index is 13.1. The van der Waals surface area contributed by atoms with E-state index in [0.29, 0.717) is 6.42 Å². The van der Waals surface area contributed by atoms with Crippen molar-refractivity contribution >= 4 is 5.52 Å². The molecule has 0 saturated carbocycles. The molecule has 0 spiro atoms. The lowest BCUT2D eigenvalue weighted by Crippen LogP contribution is -1.96. The van der Waals surface area contributed by atoms with E-state index < -0.39 is 0 Å². The maximum Gasteiger partial charge on any atom is 0.123 e. The van der Waals surface area contributed by atoms with Crippen LogP contribution in [0.3, 0.4) is 0 Å². The second kappa shape index (κ2) is 4.26. The molecular weight excluding hydrogens is 227 g/mol. The van der Waals surface area contributed by atoms with Crippen LogP contribution < -0.4 is 0 Å². The monoisotopic (exact) mass is 240 g/mol. The van der Waals surface area contributed by atoms with Gasteiger partial charge in [0.25, 0.3) is 0 Å². The molecule has 0 unspecified atom stereocenters. The summed E-state index contributed by atoms with van der Waals surface area (Å²) in [5.41, 5.74) is 3.21. The maximum absolute atomic E-state index is 13.1. The summed E-state index contributed by atoms with van der Waals surface area (Å²) in [7, 11) is 0. The van der Waals surface area contributed by atoms with Gasteiger partial charge in [0.05, 0.1) is 11.7 Å². The van der Waals surface area contributed by atoms with Crippen LogP contribution in [0.1, 0.15) is 17.0 Å². The summed E-state index contributed by atoms with van der Waals surface area (Å²) in [5.74, 6) is 0.722. The summed E-state index contributed by atoms with van der Waals surface area (Å²) < 4.78 is 15.2. The molecular formula is C15H13FN2. The summed E-state index contributed by atoms with van der Waals surface area (Å²) in [5, 5.41) is 0. The minimum atomic E-state index is -0.204. The van der Waals surface area contributed by atoms with Crippen LogP contribution in [0.2, 0.25) is 0 Å². The van der Waals surface area contributed by atoms with Gasteiger partial charge in [-0.1, -0.05) is 12.1 Å². The Morgan fingerprint density at radius 3 is 2.94 bits per heavy atom. The number of halogens is 1. The number of pyridine rings is 1. The predicted molar refractivity (Wildman–Crippen MR) is 69.1 cm³/mol. The molecule has 3 rings (SSSR count). The molecule has 90 valence electrons. The van der Waals surface area contributed by atoms with Crippen molar-refractivity contribution in [3.63, 3.8) is 0 Å². The summed E-state index contributed by atoms with van der Waals surface area (Å²) in [6.07, 6.45) is 4.49. The van der Waals surface area contributed by atoms with E-state index in [1.54, 1.807) is 12.1 Å². The highest BCUT2D eigenvalue weighted by Crippen LogP contribution is 2.13. The zero-order valence-corrected chi connectivity index (χ0v) is 10.1. The van der Waals surface area contributed by atoms with Gasteiger partial charge in [-0.2, -0.15) is 0 Å². The highest BCUT2D eigenvalue weighted by Gasteiger charge is 2.05.